The van der Waals surface area contributed by atoms with Crippen molar-refractivity contribution in [1.29, 1.82) is 0 Å². The molecule has 0 aliphatic carbocycles. The Morgan fingerprint density at radius 2 is 1.76 bits per heavy atom. The highest BCUT2D eigenvalue weighted by atomic mass is 19.1. The maximum atomic E-state index is 13.2. The number of nitrogens with one attached hydrogen (secondary N) is 2. The summed E-state index contributed by atoms with van der Waals surface area (Å²) in [4.78, 5) is 14.0. The molecule has 0 unspecified atom stereocenters. The minimum Gasteiger partial charge on any atom is -0.394 e. The Kier molecular flexibility index (Phi) is 5.19. The molecule has 25 heavy (non-hydrogen) atoms. The summed E-state index contributed by atoms with van der Waals surface area (Å²) in [5.74, 6) is -0.386. The second-order valence-electron chi connectivity index (χ2n) is 6.36. The van der Waals surface area contributed by atoms with Crippen LogP contribution in [0.25, 0.3) is 0 Å². The van der Waals surface area contributed by atoms with Crippen molar-refractivity contribution >= 4 is 17.4 Å². The molecule has 0 aromatic heterocycles. The number of halogens is 1. The summed E-state index contributed by atoms with van der Waals surface area (Å²) < 4.78 is 13.2. The first kappa shape index (κ1) is 17.2. The minimum atomic E-state index is -0.434. The van der Waals surface area contributed by atoms with Gasteiger partial charge >= 0.3 is 6.03 Å². The number of para-hydroxylation sites is 1. The summed E-state index contributed by atoms with van der Waals surface area (Å²) in [7, 11) is 0. The van der Waals surface area contributed by atoms with E-state index in [2.05, 4.69) is 10.6 Å². The highest BCUT2D eigenvalue weighted by Gasteiger charge is 2.35. The number of amides is 2. The van der Waals surface area contributed by atoms with E-state index in [1.54, 1.807) is 17.0 Å². The first-order valence-electron chi connectivity index (χ1n) is 8.36. The van der Waals surface area contributed by atoms with Crippen LogP contribution in [-0.4, -0.2) is 41.3 Å². The van der Waals surface area contributed by atoms with Gasteiger partial charge in [-0.15, -0.1) is 0 Å². The van der Waals surface area contributed by atoms with Gasteiger partial charge in [0.15, 0.2) is 0 Å². The molecule has 1 aliphatic heterocycles. The summed E-state index contributed by atoms with van der Waals surface area (Å²) in [6.07, 6.45) is 1.27. The van der Waals surface area contributed by atoms with Gasteiger partial charge < -0.3 is 20.6 Å². The molecular formula is C19H22FN3O2. The van der Waals surface area contributed by atoms with Gasteiger partial charge in [-0.05, 0) is 43.2 Å². The molecule has 2 amide bonds. The molecule has 0 spiro atoms. The Morgan fingerprint density at radius 3 is 2.40 bits per heavy atom. The Balaban J connectivity index is 1.59. The zero-order chi connectivity index (χ0) is 17.7. The van der Waals surface area contributed by atoms with Crippen LogP contribution in [0.1, 0.15) is 12.8 Å². The number of rotatable bonds is 4. The van der Waals surface area contributed by atoms with Crippen molar-refractivity contribution in [3.63, 3.8) is 0 Å². The van der Waals surface area contributed by atoms with Crippen LogP contribution in [-0.2, 0) is 0 Å². The molecule has 1 aliphatic rings. The van der Waals surface area contributed by atoms with Crippen LogP contribution < -0.4 is 10.6 Å². The minimum absolute atomic E-state index is 0.00124. The van der Waals surface area contributed by atoms with Gasteiger partial charge in [-0.2, -0.15) is 0 Å². The van der Waals surface area contributed by atoms with E-state index in [-0.39, 0.29) is 18.5 Å². The molecule has 0 atom stereocenters. The Labute approximate surface area is 146 Å². The van der Waals surface area contributed by atoms with Crippen molar-refractivity contribution < 1.29 is 14.3 Å². The topological polar surface area (TPSA) is 64.6 Å². The number of urea groups is 1. The number of benzene rings is 2. The van der Waals surface area contributed by atoms with E-state index in [4.69, 9.17) is 0 Å². The van der Waals surface area contributed by atoms with Crippen molar-refractivity contribution in [1.82, 2.24) is 4.90 Å². The van der Waals surface area contributed by atoms with Crippen LogP contribution in [0.5, 0.6) is 0 Å². The van der Waals surface area contributed by atoms with Crippen molar-refractivity contribution in [2.45, 2.75) is 18.4 Å². The number of hydrogen-bond donors (Lipinski definition) is 3. The Bertz CT molecular complexity index is 716. The Morgan fingerprint density at radius 1 is 1.08 bits per heavy atom. The lowest BCUT2D eigenvalue weighted by molar-refractivity contribution is 0.132. The van der Waals surface area contributed by atoms with Gasteiger partial charge in [-0.1, -0.05) is 24.3 Å². The van der Waals surface area contributed by atoms with Crippen molar-refractivity contribution in [3.05, 3.63) is 60.4 Å². The fourth-order valence-corrected chi connectivity index (χ4v) is 3.06. The van der Waals surface area contributed by atoms with Gasteiger partial charge in [0.25, 0.3) is 0 Å². The standard InChI is InChI=1S/C19H22FN3O2/c20-15-5-4-8-17(13-15)21-18(25)23-11-9-19(14-24,10-12-23)22-16-6-2-1-3-7-16/h1-8,13,22,24H,9-12,14H2,(H,21,25). The summed E-state index contributed by atoms with van der Waals surface area (Å²) >= 11 is 0. The van der Waals surface area contributed by atoms with Gasteiger partial charge in [0.1, 0.15) is 5.82 Å². The second-order valence-corrected chi connectivity index (χ2v) is 6.36. The molecule has 1 heterocycles. The number of anilines is 2. The van der Waals surface area contributed by atoms with Gasteiger partial charge in [0, 0.05) is 24.5 Å². The maximum absolute atomic E-state index is 13.2. The lowest BCUT2D eigenvalue weighted by Crippen LogP contribution is -2.53. The van der Waals surface area contributed by atoms with E-state index >= 15 is 0 Å². The summed E-state index contributed by atoms with van der Waals surface area (Å²) in [5, 5.41) is 16.0. The fourth-order valence-electron chi connectivity index (χ4n) is 3.06. The SMILES string of the molecule is O=C(Nc1cccc(F)c1)N1CCC(CO)(Nc2ccccc2)CC1. The van der Waals surface area contributed by atoms with E-state index in [0.29, 0.717) is 31.6 Å². The highest BCUT2D eigenvalue weighted by Crippen LogP contribution is 2.27. The molecule has 0 radical (unpaired) electrons. The van der Waals surface area contributed by atoms with Crippen LogP contribution in [0, 0.1) is 5.82 Å². The number of aliphatic hydroxyl groups excluding tert-OH is 1. The van der Waals surface area contributed by atoms with Crippen molar-refractivity contribution in [2.75, 3.05) is 30.3 Å². The average molecular weight is 343 g/mol. The molecule has 1 saturated heterocycles. The molecule has 2 aromatic rings. The summed E-state index contributed by atoms with van der Waals surface area (Å²) in [6.45, 7) is 1.03. The molecule has 3 rings (SSSR count). The number of carbonyl (C=O) groups is 1. The van der Waals surface area contributed by atoms with E-state index in [1.807, 2.05) is 30.3 Å². The van der Waals surface area contributed by atoms with Gasteiger partial charge in [0.2, 0.25) is 0 Å². The third-order valence-corrected chi connectivity index (χ3v) is 4.57. The number of piperidine rings is 1. The third-order valence-electron chi connectivity index (χ3n) is 4.57. The van der Waals surface area contributed by atoms with E-state index < -0.39 is 5.54 Å². The Hall–Kier alpha value is -2.60. The molecule has 1 fully saturated rings. The first-order chi connectivity index (χ1) is 12.1. The van der Waals surface area contributed by atoms with Crippen LogP contribution in [0.2, 0.25) is 0 Å². The number of likely N-dealkylation sites (tertiary alicyclic amines) is 1. The molecule has 0 bridgehead atoms. The normalized spacial score (nSPS) is 16.3. The van der Waals surface area contributed by atoms with Gasteiger partial charge in [0.05, 0.1) is 12.1 Å². The molecule has 3 N–H and O–H groups in total. The molecular weight excluding hydrogens is 321 g/mol. The molecule has 132 valence electrons. The molecule has 0 saturated carbocycles. The number of carbonyl (C=O) groups excluding carboxylic acids is 1. The number of hydrogen-bond acceptors (Lipinski definition) is 3. The zero-order valence-electron chi connectivity index (χ0n) is 13.9. The monoisotopic (exact) mass is 343 g/mol. The fraction of sp³-hybridized carbons (Fsp3) is 0.316. The number of nitrogens with zero attached hydrogens (tertiary/aromatic N) is 1. The van der Waals surface area contributed by atoms with E-state index in [9.17, 15) is 14.3 Å². The predicted octanol–water partition coefficient (Wildman–Crippen LogP) is 3.30. The van der Waals surface area contributed by atoms with E-state index in [1.165, 1.54) is 12.1 Å². The number of aliphatic hydroxyl groups is 1. The lowest BCUT2D eigenvalue weighted by Gasteiger charge is -2.41. The van der Waals surface area contributed by atoms with Crippen LogP contribution in [0.4, 0.5) is 20.6 Å². The first-order valence-corrected chi connectivity index (χ1v) is 8.36. The summed E-state index contributed by atoms with van der Waals surface area (Å²) in [6, 6.07) is 15.3. The molecule has 5 nitrogen and oxygen atoms in total. The van der Waals surface area contributed by atoms with Crippen LogP contribution in [0.3, 0.4) is 0 Å². The van der Waals surface area contributed by atoms with E-state index in [0.717, 1.165) is 5.69 Å². The van der Waals surface area contributed by atoms with Gasteiger partial charge in [-0.3, -0.25) is 0 Å². The maximum Gasteiger partial charge on any atom is 0.321 e. The third kappa shape index (κ3) is 4.28. The lowest BCUT2D eigenvalue weighted by atomic mass is 9.88. The quantitative estimate of drug-likeness (QED) is 0.798. The molecule has 2 aromatic carbocycles. The molecule has 6 heteroatoms. The smallest absolute Gasteiger partial charge is 0.321 e. The van der Waals surface area contributed by atoms with Crippen molar-refractivity contribution in [3.8, 4) is 0 Å². The highest BCUT2D eigenvalue weighted by molar-refractivity contribution is 5.89. The largest absolute Gasteiger partial charge is 0.394 e. The van der Waals surface area contributed by atoms with Gasteiger partial charge in [-0.25, -0.2) is 9.18 Å². The summed E-state index contributed by atoms with van der Waals surface area (Å²) in [5.41, 5.74) is 0.956. The predicted molar refractivity (Wildman–Crippen MR) is 96.1 cm³/mol. The van der Waals surface area contributed by atoms with Crippen LogP contribution >= 0.6 is 0 Å². The average Bonchev–Trinajstić information content (AvgIpc) is 2.63. The second kappa shape index (κ2) is 7.53. The van der Waals surface area contributed by atoms with Crippen LogP contribution in [0.15, 0.2) is 54.6 Å². The van der Waals surface area contributed by atoms with Crippen molar-refractivity contribution in [2.24, 2.45) is 0 Å². The zero-order valence-corrected chi connectivity index (χ0v) is 13.9.